The number of para-hydroxylation sites is 1. The van der Waals surface area contributed by atoms with Crippen LogP contribution in [0.4, 0.5) is 16.2 Å². The fraction of sp³-hybridized carbons (Fsp3) is 0.0909. The van der Waals surface area contributed by atoms with Gasteiger partial charge in [-0.2, -0.15) is 0 Å². The van der Waals surface area contributed by atoms with Gasteiger partial charge in [0, 0.05) is 11.3 Å². The van der Waals surface area contributed by atoms with E-state index in [1.165, 1.54) is 6.92 Å². The van der Waals surface area contributed by atoms with E-state index in [0.29, 0.717) is 17.8 Å². The first-order valence-corrected chi connectivity index (χ1v) is 8.67. The number of carbonyl (C=O) groups is 2. The molecule has 2 N–H and O–H groups in total. The molecule has 0 heterocycles. The van der Waals surface area contributed by atoms with Gasteiger partial charge in [-0.15, -0.1) is 0 Å². The zero-order chi connectivity index (χ0) is 19.1. The van der Waals surface area contributed by atoms with Gasteiger partial charge in [0.1, 0.15) is 0 Å². The number of rotatable bonds is 6. The minimum Gasteiger partial charge on any atom is -0.307 e. The quantitative estimate of drug-likeness (QED) is 0.498. The van der Waals surface area contributed by atoms with Crippen LogP contribution in [0, 0.1) is 0 Å². The molecule has 0 fully saturated rings. The van der Waals surface area contributed by atoms with Gasteiger partial charge in [0.25, 0.3) is 0 Å². The number of anilines is 2. The summed E-state index contributed by atoms with van der Waals surface area (Å²) in [6.07, 6.45) is 0. The van der Waals surface area contributed by atoms with Crippen LogP contribution in [-0.2, 0) is 6.54 Å². The third kappa shape index (κ3) is 5.19. The van der Waals surface area contributed by atoms with Crippen molar-refractivity contribution >= 4 is 23.2 Å². The van der Waals surface area contributed by atoms with Crippen LogP contribution in [0.2, 0.25) is 0 Å². The van der Waals surface area contributed by atoms with Crippen molar-refractivity contribution in [1.82, 2.24) is 5.43 Å². The van der Waals surface area contributed by atoms with Gasteiger partial charge in [-0.25, -0.2) is 10.2 Å². The Bertz CT molecular complexity index is 894. The number of urea groups is 1. The second kappa shape index (κ2) is 8.67. The topological polar surface area (TPSA) is 61.4 Å². The standard InChI is InChI=1S/C22H21N3O2/c1-17(26)19-12-14-20(15-13-19)23-22(27)24-25(21-10-6-3-7-11-21)16-18-8-4-2-5-9-18/h2-15H,16H2,1H3,(H2,23,24,27). The number of hydrogen-bond acceptors (Lipinski definition) is 3. The first-order valence-electron chi connectivity index (χ1n) is 8.67. The maximum Gasteiger partial charge on any atom is 0.338 e. The zero-order valence-corrected chi connectivity index (χ0v) is 15.1. The number of nitrogens with one attached hydrogen (secondary N) is 2. The summed E-state index contributed by atoms with van der Waals surface area (Å²) in [5.74, 6) is -0.0101. The van der Waals surface area contributed by atoms with Crippen LogP contribution in [0.5, 0.6) is 0 Å². The van der Waals surface area contributed by atoms with Gasteiger partial charge in [-0.05, 0) is 48.9 Å². The summed E-state index contributed by atoms with van der Waals surface area (Å²) < 4.78 is 0. The lowest BCUT2D eigenvalue weighted by Crippen LogP contribution is -2.44. The molecule has 0 saturated carbocycles. The molecule has 5 nitrogen and oxygen atoms in total. The highest BCUT2D eigenvalue weighted by atomic mass is 16.2. The van der Waals surface area contributed by atoms with Crippen LogP contribution in [-0.4, -0.2) is 11.8 Å². The lowest BCUT2D eigenvalue weighted by atomic mass is 10.1. The largest absolute Gasteiger partial charge is 0.338 e. The minimum absolute atomic E-state index is 0.0101. The molecule has 5 heteroatoms. The Kier molecular flexibility index (Phi) is 5.84. The fourth-order valence-corrected chi connectivity index (χ4v) is 2.64. The second-order valence-corrected chi connectivity index (χ2v) is 6.11. The predicted octanol–water partition coefficient (Wildman–Crippen LogP) is 4.63. The number of hydrazine groups is 1. The molecule has 136 valence electrons. The average Bonchev–Trinajstić information content (AvgIpc) is 2.69. The van der Waals surface area contributed by atoms with Crippen molar-refractivity contribution < 1.29 is 9.59 Å². The van der Waals surface area contributed by atoms with Crippen molar-refractivity contribution in [2.75, 3.05) is 10.3 Å². The molecule has 2 amide bonds. The monoisotopic (exact) mass is 359 g/mol. The Morgan fingerprint density at radius 2 is 1.41 bits per heavy atom. The number of Topliss-reactive ketones (excluding diaryl/α,β-unsaturated/α-hetero) is 1. The number of benzene rings is 3. The fourth-order valence-electron chi connectivity index (χ4n) is 2.64. The summed E-state index contributed by atoms with van der Waals surface area (Å²) in [4.78, 5) is 23.8. The molecule has 0 aliphatic rings. The molecule has 3 aromatic rings. The van der Waals surface area contributed by atoms with E-state index in [1.54, 1.807) is 29.3 Å². The number of ketones is 1. The van der Waals surface area contributed by atoms with Crippen molar-refractivity contribution in [3.05, 3.63) is 96.1 Å². The van der Waals surface area contributed by atoms with Crippen LogP contribution < -0.4 is 15.8 Å². The summed E-state index contributed by atoms with van der Waals surface area (Å²) in [5.41, 5.74) is 6.06. The predicted molar refractivity (Wildman–Crippen MR) is 108 cm³/mol. The Morgan fingerprint density at radius 3 is 2.00 bits per heavy atom. The highest BCUT2D eigenvalue weighted by Gasteiger charge is 2.11. The van der Waals surface area contributed by atoms with Crippen molar-refractivity contribution in [2.45, 2.75) is 13.5 Å². The van der Waals surface area contributed by atoms with Crippen LogP contribution in [0.1, 0.15) is 22.8 Å². The Morgan fingerprint density at radius 1 is 0.815 bits per heavy atom. The second-order valence-electron chi connectivity index (χ2n) is 6.11. The van der Waals surface area contributed by atoms with E-state index < -0.39 is 0 Å². The van der Waals surface area contributed by atoms with Gasteiger partial charge in [0.2, 0.25) is 0 Å². The molecule has 27 heavy (non-hydrogen) atoms. The number of hydrogen-bond donors (Lipinski definition) is 2. The van der Waals surface area contributed by atoms with Gasteiger partial charge in [-0.1, -0.05) is 48.5 Å². The molecule has 0 aliphatic heterocycles. The maximum atomic E-state index is 12.5. The van der Waals surface area contributed by atoms with Crippen LogP contribution in [0.15, 0.2) is 84.9 Å². The van der Waals surface area contributed by atoms with Crippen LogP contribution in [0.3, 0.4) is 0 Å². The molecule has 0 bridgehead atoms. The Labute approximate surface area is 158 Å². The highest BCUT2D eigenvalue weighted by Crippen LogP contribution is 2.15. The number of nitrogens with zero attached hydrogens (tertiary/aromatic N) is 1. The first-order chi connectivity index (χ1) is 13.1. The van der Waals surface area contributed by atoms with Gasteiger partial charge >= 0.3 is 6.03 Å². The van der Waals surface area contributed by atoms with E-state index in [0.717, 1.165) is 11.3 Å². The smallest absolute Gasteiger partial charge is 0.307 e. The van der Waals surface area contributed by atoms with E-state index in [4.69, 9.17) is 0 Å². The minimum atomic E-state index is -0.356. The van der Waals surface area contributed by atoms with Gasteiger partial charge in [0.15, 0.2) is 5.78 Å². The van der Waals surface area contributed by atoms with E-state index in [1.807, 2.05) is 60.7 Å². The van der Waals surface area contributed by atoms with Gasteiger partial charge in [0.05, 0.1) is 12.2 Å². The molecule has 3 rings (SSSR count). The number of carbonyl (C=O) groups excluding carboxylic acids is 2. The SMILES string of the molecule is CC(=O)c1ccc(NC(=O)NN(Cc2ccccc2)c2ccccc2)cc1. The molecular formula is C22H21N3O2. The first kappa shape index (κ1) is 18.2. The third-order valence-electron chi connectivity index (χ3n) is 4.04. The van der Waals surface area contributed by atoms with Crippen molar-refractivity contribution in [2.24, 2.45) is 0 Å². The van der Waals surface area contributed by atoms with Crippen LogP contribution >= 0.6 is 0 Å². The van der Waals surface area contributed by atoms with E-state index >= 15 is 0 Å². The molecule has 0 saturated heterocycles. The lowest BCUT2D eigenvalue weighted by molar-refractivity contribution is 0.101. The van der Waals surface area contributed by atoms with Crippen LogP contribution in [0.25, 0.3) is 0 Å². The summed E-state index contributed by atoms with van der Waals surface area (Å²) in [5, 5.41) is 4.58. The molecular weight excluding hydrogens is 338 g/mol. The molecule has 0 aliphatic carbocycles. The summed E-state index contributed by atoms with van der Waals surface area (Å²) in [7, 11) is 0. The number of amides is 2. The Hall–Kier alpha value is -3.60. The average molecular weight is 359 g/mol. The molecule has 0 radical (unpaired) electrons. The maximum absolute atomic E-state index is 12.5. The van der Waals surface area contributed by atoms with E-state index in [9.17, 15) is 9.59 Å². The van der Waals surface area contributed by atoms with Crippen molar-refractivity contribution in [3.63, 3.8) is 0 Å². The summed E-state index contributed by atoms with van der Waals surface area (Å²) in [6, 6.07) is 26.0. The van der Waals surface area contributed by atoms with E-state index in [-0.39, 0.29) is 11.8 Å². The third-order valence-corrected chi connectivity index (χ3v) is 4.04. The van der Waals surface area contributed by atoms with Gasteiger partial charge in [-0.3, -0.25) is 9.80 Å². The summed E-state index contributed by atoms with van der Waals surface area (Å²) >= 11 is 0. The molecule has 0 unspecified atom stereocenters. The summed E-state index contributed by atoms with van der Waals surface area (Å²) in [6.45, 7) is 2.04. The zero-order valence-electron chi connectivity index (χ0n) is 15.1. The highest BCUT2D eigenvalue weighted by molar-refractivity contribution is 5.95. The van der Waals surface area contributed by atoms with Crippen molar-refractivity contribution in [1.29, 1.82) is 0 Å². The van der Waals surface area contributed by atoms with Crippen molar-refractivity contribution in [3.8, 4) is 0 Å². The Balaban J connectivity index is 1.71. The molecule has 0 spiro atoms. The molecule has 0 aromatic heterocycles. The lowest BCUT2D eigenvalue weighted by Gasteiger charge is -2.25. The molecule has 3 aromatic carbocycles. The normalized spacial score (nSPS) is 10.1. The van der Waals surface area contributed by atoms with E-state index in [2.05, 4.69) is 10.7 Å². The van der Waals surface area contributed by atoms with Gasteiger partial charge < -0.3 is 5.32 Å². The molecule has 0 atom stereocenters.